The van der Waals surface area contributed by atoms with Crippen LogP contribution in [0, 0.1) is 28.6 Å². The predicted molar refractivity (Wildman–Crippen MR) is 95.7 cm³/mol. The third kappa shape index (κ3) is 2.14. The Labute approximate surface area is 151 Å². The molecule has 9 atom stereocenters. The minimum absolute atomic E-state index is 0.0247. The lowest BCUT2D eigenvalue weighted by atomic mass is 9.45. The number of rotatable bonds is 1. The highest BCUT2D eigenvalue weighted by molar-refractivity contribution is 5.29. The van der Waals surface area contributed by atoms with Crippen LogP contribution in [0.5, 0.6) is 0 Å². The summed E-state index contributed by atoms with van der Waals surface area (Å²) < 4.78 is 0. The molecule has 0 amide bonds. The van der Waals surface area contributed by atoms with Crippen molar-refractivity contribution < 1.29 is 20.4 Å². The van der Waals surface area contributed by atoms with Crippen LogP contribution in [0.3, 0.4) is 0 Å². The third-order valence-electron chi connectivity index (χ3n) is 9.01. The highest BCUT2D eigenvalue weighted by Crippen LogP contribution is 2.68. The molecular weight excluding hydrogens is 316 g/mol. The first-order chi connectivity index (χ1) is 11.6. The fourth-order valence-electron chi connectivity index (χ4n) is 7.40. The van der Waals surface area contributed by atoms with Gasteiger partial charge in [-0.3, -0.25) is 0 Å². The number of hydrogen-bond acceptors (Lipinski definition) is 4. The maximum absolute atomic E-state index is 11.9. The van der Waals surface area contributed by atoms with Crippen LogP contribution in [0.15, 0.2) is 11.6 Å². The molecule has 0 aromatic heterocycles. The first-order valence-corrected chi connectivity index (χ1v) is 10.1. The molecule has 3 fully saturated rings. The number of aliphatic hydroxyl groups excluding tert-OH is 3. The highest BCUT2D eigenvalue weighted by Gasteiger charge is 2.69. The quantitative estimate of drug-likeness (QED) is 0.548. The van der Waals surface area contributed by atoms with Gasteiger partial charge in [0.1, 0.15) is 0 Å². The van der Waals surface area contributed by atoms with Crippen LogP contribution in [0.2, 0.25) is 0 Å². The van der Waals surface area contributed by atoms with Crippen LogP contribution >= 0.6 is 0 Å². The number of fused-ring (bicyclic) bond motifs is 5. The third-order valence-corrected chi connectivity index (χ3v) is 9.01. The lowest BCUT2D eigenvalue weighted by Gasteiger charge is -2.63. The van der Waals surface area contributed by atoms with Crippen LogP contribution in [0.1, 0.15) is 65.7 Å². The summed E-state index contributed by atoms with van der Waals surface area (Å²) in [5, 5.41) is 43.4. The molecule has 4 aliphatic rings. The molecule has 0 aromatic rings. The van der Waals surface area contributed by atoms with E-state index in [1.807, 2.05) is 6.92 Å². The number of aliphatic hydroxyl groups is 4. The Balaban J connectivity index is 1.76. The largest absolute Gasteiger partial charge is 0.393 e. The van der Waals surface area contributed by atoms with E-state index in [2.05, 4.69) is 13.0 Å². The SMILES string of the molecule is C[C@@H](O)[C@H]1CC[C@]2(O)[C@@H]3CC=C4C[C@@H](O)CC[C@]4(C)[C@H]3C[C@@H](O)[C@]12C. The Kier molecular flexibility index (Phi) is 3.98. The maximum Gasteiger partial charge on any atom is 0.0763 e. The minimum atomic E-state index is -0.919. The topological polar surface area (TPSA) is 80.9 Å². The molecule has 25 heavy (non-hydrogen) atoms. The van der Waals surface area contributed by atoms with Gasteiger partial charge >= 0.3 is 0 Å². The maximum atomic E-state index is 11.9. The average molecular weight is 350 g/mol. The monoisotopic (exact) mass is 350 g/mol. The molecule has 4 rings (SSSR count). The summed E-state index contributed by atoms with van der Waals surface area (Å²) in [5.74, 6) is 0.328. The Morgan fingerprint density at radius 1 is 1.12 bits per heavy atom. The normalized spacial score (nSPS) is 56.4. The lowest BCUT2D eigenvalue weighted by molar-refractivity contribution is -0.232. The van der Waals surface area contributed by atoms with Crippen LogP contribution in [-0.4, -0.2) is 44.3 Å². The molecule has 0 radical (unpaired) electrons. The van der Waals surface area contributed by atoms with Gasteiger partial charge in [0, 0.05) is 5.41 Å². The van der Waals surface area contributed by atoms with Gasteiger partial charge in [-0.2, -0.15) is 0 Å². The second kappa shape index (κ2) is 5.54. The van der Waals surface area contributed by atoms with E-state index in [1.54, 1.807) is 6.92 Å². The van der Waals surface area contributed by atoms with Gasteiger partial charge in [0.15, 0.2) is 0 Å². The van der Waals surface area contributed by atoms with E-state index < -0.39 is 23.2 Å². The van der Waals surface area contributed by atoms with Crippen molar-refractivity contribution in [3.05, 3.63) is 11.6 Å². The predicted octanol–water partition coefficient (Wildman–Crippen LogP) is 2.39. The molecule has 0 aromatic carbocycles. The van der Waals surface area contributed by atoms with Crippen molar-refractivity contribution in [3.63, 3.8) is 0 Å². The summed E-state index contributed by atoms with van der Waals surface area (Å²) in [7, 11) is 0. The first-order valence-electron chi connectivity index (χ1n) is 10.1. The molecule has 4 nitrogen and oxygen atoms in total. The van der Waals surface area contributed by atoms with E-state index in [4.69, 9.17) is 0 Å². The first kappa shape index (κ1) is 18.0. The number of hydrogen-bond donors (Lipinski definition) is 4. The second-order valence-corrected chi connectivity index (χ2v) is 9.84. The molecule has 4 heteroatoms. The Morgan fingerprint density at radius 3 is 2.52 bits per heavy atom. The Hall–Kier alpha value is -0.420. The van der Waals surface area contributed by atoms with Gasteiger partial charge in [-0.05, 0) is 75.0 Å². The molecule has 0 saturated heterocycles. The van der Waals surface area contributed by atoms with Crippen molar-refractivity contribution in [3.8, 4) is 0 Å². The zero-order chi connectivity index (χ0) is 18.2. The van der Waals surface area contributed by atoms with Crippen LogP contribution in [-0.2, 0) is 0 Å². The van der Waals surface area contributed by atoms with Gasteiger partial charge in [0.2, 0.25) is 0 Å². The zero-order valence-electron chi connectivity index (χ0n) is 15.8. The van der Waals surface area contributed by atoms with Gasteiger partial charge in [-0.15, -0.1) is 0 Å². The van der Waals surface area contributed by atoms with E-state index in [9.17, 15) is 20.4 Å². The highest BCUT2D eigenvalue weighted by atomic mass is 16.3. The van der Waals surface area contributed by atoms with Gasteiger partial charge in [-0.1, -0.05) is 25.5 Å². The standard InChI is InChI=1S/C21H34O4/c1-12(22)15-7-9-21(25)16-5-4-13-10-14(23)6-8-19(13,2)17(16)11-18(24)20(15,21)3/h4,12,14-18,22-25H,5-11H2,1-3H3/t12-,14+,15-,16-,17+,18-,19+,20+,21+/m1/s1. The molecule has 0 unspecified atom stereocenters. The molecule has 0 aliphatic heterocycles. The van der Waals surface area contributed by atoms with Crippen LogP contribution < -0.4 is 0 Å². The smallest absolute Gasteiger partial charge is 0.0763 e. The molecule has 0 heterocycles. The number of allylic oxidation sites excluding steroid dienone is 1. The summed E-state index contributed by atoms with van der Waals surface area (Å²) in [6.45, 7) is 6.08. The fourth-order valence-corrected chi connectivity index (χ4v) is 7.40. The Morgan fingerprint density at radius 2 is 1.84 bits per heavy atom. The summed E-state index contributed by atoms with van der Waals surface area (Å²) in [5.41, 5.74) is -0.253. The van der Waals surface area contributed by atoms with Crippen molar-refractivity contribution in [2.24, 2.45) is 28.6 Å². The second-order valence-electron chi connectivity index (χ2n) is 9.84. The zero-order valence-corrected chi connectivity index (χ0v) is 15.8. The van der Waals surface area contributed by atoms with E-state index in [1.165, 1.54) is 5.57 Å². The molecule has 4 aliphatic carbocycles. The van der Waals surface area contributed by atoms with E-state index in [0.29, 0.717) is 12.8 Å². The van der Waals surface area contributed by atoms with Crippen molar-refractivity contribution in [2.45, 2.75) is 89.6 Å². The van der Waals surface area contributed by atoms with Crippen molar-refractivity contribution in [1.29, 1.82) is 0 Å². The lowest BCUT2D eigenvalue weighted by Crippen LogP contribution is -2.66. The van der Waals surface area contributed by atoms with E-state index in [-0.39, 0.29) is 29.3 Å². The van der Waals surface area contributed by atoms with Crippen molar-refractivity contribution in [1.82, 2.24) is 0 Å². The van der Waals surface area contributed by atoms with Crippen LogP contribution in [0.25, 0.3) is 0 Å². The van der Waals surface area contributed by atoms with Crippen molar-refractivity contribution in [2.75, 3.05) is 0 Å². The van der Waals surface area contributed by atoms with E-state index in [0.717, 1.165) is 32.1 Å². The van der Waals surface area contributed by atoms with Gasteiger partial charge < -0.3 is 20.4 Å². The molecule has 142 valence electrons. The molecular formula is C21H34O4. The molecule has 4 N–H and O–H groups in total. The minimum Gasteiger partial charge on any atom is -0.393 e. The van der Waals surface area contributed by atoms with E-state index >= 15 is 0 Å². The summed E-state index contributed by atoms with van der Waals surface area (Å²) in [4.78, 5) is 0. The fraction of sp³-hybridized carbons (Fsp3) is 0.905. The molecule has 0 bridgehead atoms. The van der Waals surface area contributed by atoms with Gasteiger partial charge in [0.25, 0.3) is 0 Å². The van der Waals surface area contributed by atoms with Crippen molar-refractivity contribution >= 4 is 0 Å². The summed E-state index contributed by atoms with van der Waals surface area (Å²) in [6.07, 6.45) is 6.35. The van der Waals surface area contributed by atoms with Gasteiger partial charge in [-0.25, -0.2) is 0 Å². The van der Waals surface area contributed by atoms with Crippen LogP contribution in [0.4, 0.5) is 0 Å². The van der Waals surface area contributed by atoms with Gasteiger partial charge in [0.05, 0.1) is 23.9 Å². The average Bonchev–Trinajstić information content (AvgIpc) is 2.83. The Bertz CT molecular complexity index is 586. The molecule has 3 saturated carbocycles. The summed E-state index contributed by atoms with van der Waals surface area (Å²) in [6, 6.07) is 0. The summed E-state index contributed by atoms with van der Waals surface area (Å²) >= 11 is 0. The molecule has 0 spiro atoms.